The molecule has 0 fully saturated rings. The number of amides is 1. The summed E-state index contributed by atoms with van der Waals surface area (Å²) in [6, 6.07) is 3.50. The largest absolute Gasteiger partial charge is 0.360 e. The first-order chi connectivity index (χ1) is 8.69. The lowest BCUT2D eigenvalue weighted by Gasteiger charge is -2.00. The van der Waals surface area contributed by atoms with Gasteiger partial charge in [-0.15, -0.1) is 10.2 Å². The lowest BCUT2D eigenvalue weighted by Crippen LogP contribution is -2.12. The zero-order valence-corrected chi connectivity index (χ0v) is 11.9. The Morgan fingerprint density at radius 3 is 2.94 bits per heavy atom. The van der Waals surface area contributed by atoms with Gasteiger partial charge in [-0.1, -0.05) is 11.3 Å². The average molecular weight is 328 g/mol. The van der Waals surface area contributed by atoms with Crippen LogP contribution in [0.1, 0.15) is 16.7 Å². The Labute approximate surface area is 116 Å². The van der Waals surface area contributed by atoms with Gasteiger partial charge in [-0.25, -0.2) is 4.98 Å². The minimum Gasteiger partial charge on any atom is -0.360 e. The van der Waals surface area contributed by atoms with Crippen molar-refractivity contribution in [3.63, 3.8) is 0 Å². The first-order valence-electron chi connectivity index (χ1n) is 5.19. The Morgan fingerprint density at radius 2 is 2.28 bits per heavy atom. The van der Waals surface area contributed by atoms with E-state index in [2.05, 4.69) is 41.7 Å². The van der Waals surface area contributed by atoms with Crippen LogP contribution in [0, 0.1) is 0 Å². The fraction of sp³-hybridized carbons (Fsp3) is 0.200. The standard InChI is InChI=1S/C10H10BrN5OS/c1-2-12-10-16-15-9(18-10)8(17)14-7-4-3-6(11)5-13-7/h3-5H,2H2,1H3,(H,12,16)(H,13,14,17). The van der Waals surface area contributed by atoms with E-state index < -0.39 is 0 Å². The molecule has 0 atom stereocenters. The predicted molar refractivity (Wildman–Crippen MR) is 74.0 cm³/mol. The van der Waals surface area contributed by atoms with Gasteiger partial charge < -0.3 is 10.6 Å². The number of pyridine rings is 1. The summed E-state index contributed by atoms with van der Waals surface area (Å²) in [6.45, 7) is 2.69. The summed E-state index contributed by atoms with van der Waals surface area (Å²) in [5.74, 6) is 0.162. The van der Waals surface area contributed by atoms with Crippen molar-refractivity contribution < 1.29 is 4.79 Å². The van der Waals surface area contributed by atoms with Crippen LogP contribution in [-0.4, -0.2) is 27.6 Å². The molecule has 0 bridgehead atoms. The van der Waals surface area contributed by atoms with Crippen molar-refractivity contribution in [1.29, 1.82) is 0 Å². The first-order valence-corrected chi connectivity index (χ1v) is 6.80. The number of carbonyl (C=O) groups is 1. The highest BCUT2D eigenvalue weighted by Crippen LogP contribution is 2.16. The number of hydrogen-bond donors (Lipinski definition) is 2. The second kappa shape index (κ2) is 5.87. The van der Waals surface area contributed by atoms with E-state index in [0.29, 0.717) is 16.0 Å². The van der Waals surface area contributed by atoms with Crippen molar-refractivity contribution >= 4 is 44.1 Å². The van der Waals surface area contributed by atoms with Crippen molar-refractivity contribution in [2.75, 3.05) is 17.2 Å². The van der Waals surface area contributed by atoms with Gasteiger partial charge in [0.2, 0.25) is 10.1 Å². The SMILES string of the molecule is CCNc1nnc(C(=O)Nc2ccc(Br)cn2)s1. The molecule has 2 aromatic rings. The third kappa shape index (κ3) is 3.23. The number of halogens is 1. The molecule has 0 aliphatic carbocycles. The number of anilines is 2. The summed E-state index contributed by atoms with van der Waals surface area (Å²) >= 11 is 4.48. The predicted octanol–water partition coefficient (Wildman–Crippen LogP) is 2.38. The molecule has 0 radical (unpaired) electrons. The normalized spacial score (nSPS) is 10.1. The lowest BCUT2D eigenvalue weighted by atomic mass is 10.4. The number of nitrogens with one attached hydrogen (secondary N) is 2. The van der Waals surface area contributed by atoms with Gasteiger partial charge in [-0.05, 0) is 35.0 Å². The molecule has 2 rings (SSSR count). The molecular weight excluding hydrogens is 318 g/mol. The number of rotatable bonds is 4. The van der Waals surface area contributed by atoms with Crippen LogP contribution in [0.25, 0.3) is 0 Å². The monoisotopic (exact) mass is 327 g/mol. The van der Waals surface area contributed by atoms with Crippen molar-refractivity contribution in [3.05, 3.63) is 27.8 Å². The summed E-state index contributed by atoms with van der Waals surface area (Å²) < 4.78 is 0.853. The molecule has 0 spiro atoms. The molecule has 0 unspecified atom stereocenters. The maximum atomic E-state index is 11.8. The maximum Gasteiger partial charge on any atom is 0.287 e. The molecule has 0 aromatic carbocycles. The van der Waals surface area contributed by atoms with Gasteiger partial charge in [0.05, 0.1) is 0 Å². The minimum atomic E-state index is -0.313. The molecule has 0 saturated carbocycles. The molecule has 2 aromatic heterocycles. The fourth-order valence-corrected chi connectivity index (χ4v) is 2.10. The molecule has 2 heterocycles. The molecule has 2 N–H and O–H groups in total. The average Bonchev–Trinajstić information content (AvgIpc) is 2.81. The van der Waals surface area contributed by atoms with Gasteiger partial charge in [0.25, 0.3) is 5.91 Å². The highest BCUT2D eigenvalue weighted by atomic mass is 79.9. The highest BCUT2D eigenvalue weighted by molar-refractivity contribution is 9.10. The van der Waals surface area contributed by atoms with E-state index in [9.17, 15) is 4.79 Å². The topological polar surface area (TPSA) is 79.8 Å². The fourth-order valence-electron chi connectivity index (χ4n) is 1.16. The van der Waals surface area contributed by atoms with Gasteiger partial charge in [-0.3, -0.25) is 4.79 Å². The third-order valence-electron chi connectivity index (χ3n) is 1.92. The summed E-state index contributed by atoms with van der Waals surface area (Å²) in [6.07, 6.45) is 1.61. The van der Waals surface area contributed by atoms with Gasteiger partial charge in [0, 0.05) is 17.2 Å². The van der Waals surface area contributed by atoms with Gasteiger partial charge >= 0.3 is 0 Å². The second-order valence-corrected chi connectivity index (χ2v) is 5.15. The molecular formula is C10H10BrN5OS. The van der Waals surface area contributed by atoms with Crippen LogP contribution in [0.3, 0.4) is 0 Å². The van der Waals surface area contributed by atoms with Gasteiger partial charge in [0.15, 0.2) is 0 Å². The number of carbonyl (C=O) groups excluding carboxylic acids is 1. The number of nitrogens with zero attached hydrogens (tertiary/aromatic N) is 3. The summed E-state index contributed by atoms with van der Waals surface area (Å²) in [7, 11) is 0. The lowest BCUT2D eigenvalue weighted by molar-refractivity contribution is 0.102. The number of aromatic nitrogens is 3. The zero-order chi connectivity index (χ0) is 13.0. The Morgan fingerprint density at radius 1 is 1.44 bits per heavy atom. The van der Waals surface area contributed by atoms with Crippen LogP contribution >= 0.6 is 27.3 Å². The van der Waals surface area contributed by atoms with E-state index in [1.165, 1.54) is 11.3 Å². The van der Waals surface area contributed by atoms with E-state index in [0.717, 1.165) is 11.0 Å². The van der Waals surface area contributed by atoms with Gasteiger partial charge in [0.1, 0.15) is 5.82 Å². The Hall–Kier alpha value is -1.54. The summed E-state index contributed by atoms with van der Waals surface area (Å²) in [4.78, 5) is 15.9. The number of hydrogen-bond acceptors (Lipinski definition) is 6. The van der Waals surface area contributed by atoms with Crippen LogP contribution in [-0.2, 0) is 0 Å². The zero-order valence-electron chi connectivity index (χ0n) is 9.48. The second-order valence-electron chi connectivity index (χ2n) is 3.26. The Balaban J connectivity index is 2.04. The third-order valence-corrected chi connectivity index (χ3v) is 3.27. The van der Waals surface area contributed by atoms with E-state index in [1.54, 1.807) is 18.3 Å². The van der Waals surface area contributed by atoms with Crippen LogP contribution in [0.4, 0.5) is 10.9 Å². The highest BCUT2D eigenvalue weighted by Gasteiger charge is 2.13. The summed E-state index contributed by atoms with van der Waals surface area (Å²) in [5.41, 5.74) is 0. The molecule has 94 valence electrons. The van der Waals surface area contributed by atoms with Crippen molar-refractivity contribution in [2.45, 2.75) is 6.92 Å². The van der Waals surface area contributed by atoms with E-state index in [4.69, 9.17) is 0 Å². The van der Waals surface area contributed by atoms with E-state index >= 15 is 0 Å². The maximum absolute atomic E-state index is 11.8. The smallest absolute Gasteiger partial charge is 0.287 e. The van der Waals surface area contributed by atoms with Crippen LogP contribution in [0.15, 0.2) is 22.8 Å². The van der Waals surface area contributed by atoms with Gasteiger partial charge in [-0.2, -0.15) is 0 Å². The minimum absolute atomic E-state index is 0.302. The van der Waals surface area contributed by atoms with E-state index in [-0.39, 0.29) is 5.91 Å². The van der Waals surface area contributed by atoms with Crippen molar-refractivity contribution in [2.24, 2.45) is 0 Å². The van der Waals surface area contributed by atoms with Crippen LogP contribution in [0.5, 0.6) is 0 Å². The molecule has 1 amide bonds. The molecule has 0 saturated heterocycles. The molecule has 18 heavy (non-hydrogen) atoms. The molecule has 0 aliphatic heterocycles. The summed E-state index contributed by atoms with van der Waals surface area (Å²) in [5, 5.41) is 14.2. The van der Waals surface area contributed by atoms with Crippen LogP contribution < -0.4 is 10.6 Å². The Bertz CT molecular complexity index is 541. The first kappa shape index (κ1) is 12.9. The van der Waals surface area contributed by atoms with Crippen molar-refractivity contribution in [3.8, 4) is 0 Å². The molecule has 8 heteroatoms. The Kier molecular flexibility index (Phi) is 4.21. The molecule has 0 aliphatic rings. The molecule has 6 nitrogen and oxygen atoms in total. The quantitative estimate of drug-likeness (QED) is 0.901. The van der Waals surface area contributed by atoms with Crippen molar-refractivity contribution in [1.82, 2.24) is 15.2 Å². The van der Waals surface area contributed by atoms with E-state index in [1.807, 2.05) is 6.92 Å². The van der Waals surface area contributed by atoms with Crippen LogP contribution in [0.2, 0.25) is 0 Å².